The highest BCUT2D eigenvalue weighted by Gasteiger charge is 2.08. The maximum Gasteiger partial charge on any atom is 0.166 e. The van der Waals surface area contributed by atoms with Crippen molar-refractivity contribution in [3.63, 3.8) is 0 Å². The van der Waals surface area contributed by atoms with Gasteiger partial charge in [-0.1, -0.05) is 15.9 Å². The van der Waals surface area contributed by atoms with Crippen molar-refractivity contribution in [3.8, 4) is 5.75 Å². The summed E-state index contributed by atoms with van der Waals surface area (Å²) in [6.07, 6.45) is 0.0983. The zero-order valence-electron chi connectivity index (χ0n) is 10.4. The summed E-state index contributed by atoms with van der Waals surface area (Å²) in [4.78, 5) is 11.8. The Morgan fingerprint density at radius 1 is 1.10 bits per heavy atom. The Morgan fingerprint density at radius 2 is 1.80 bits per heavy atom. The molecule has 2 nitrogen and oxygen atoms in total. The fraction of sp³-hybridized carbons (Fsp3) is 0.133. The van der Waals surface area contributed by atoms with Gasteiger partial charge in [-0.3, -0.25) is 4.79 Å². The van der Waals surface area contributed by atoms with Crippen LogP contribution < -0.4 is 4.74 Å². The lowest BCUT2D eigenvalue weighted by Gasteiger charge is -2.07. The van der Waals surface area contributed by atoms with Gasteiger partial charge >= 0.3 is 0 Å². The van der Waals surface area contributed by atoms with Gasteiger partial charge in [0, 0.05) is 16.5 Å². The Balaban J connectivity index is 1.89. The highest BCUT2D eigenvalue weighted by atomic mass is 79.9. The van der Waals surface area contributed by atoms with Crippen molar-refractivity contribution in [3.05, 3.63) is 64.1 Å². The van der Waals surface area contributed by atoms with Gasteiger partial charge in [0.15, 0.2) is 17.3 Å². The number of halogens is 3. The molecule has 0 aliphatic rings. The van der Waals surface area contributed by atoms with Crippen LogP contribution in [0.5, 0.6) is 5.75 Å². The number of rotatable bonds is 5. The van der Waals surface area contributed by atoms with E-state index in [4.69, 9.17) is 4.74 Å². The molecule has 0 N–H and O–H groups in total. The topological polar surface area (TPSA) is 26.3 Å². The number of ketones is 1. The summed E-state index contributed by atoms with van der Waals surface area (Å²) in [7, 11) is 0. The predicted octanol–water partition coefficient (Wildman–Crippen LogP) is 4.38. The van der Waals surface area contributed by atoms with Crippen molar-refractivity contribution < 1.29 is 18.3 Å². The van der Waals surface area contributed by atoms with Crippen molar-refractivity contribution in [2.45, 2.75) is 6.42 Å². The van der Waals surface area contributed by atoms with E-state index in [1.807, 2.05) is 0 Å². The van der Waals surface area contributed by atoms with E-state index in [-0.39, 0.29) is 24.6 Å². The third-order valence-corrected chi connectivity index (χ3v) is 3.14. The molecule has 104 valence electrons. The summed E-state index contributed by atoms with van der Waals surface area (Å²) in [5.41, 5.74) is 0.409. The zero-order chi connectivity index (χ0) is 14.5. The van der Waals surface area contributed by atoms with Gasteiger partial charge in [-0.05, 0) is 42.5 Å². The zero-order valence-corrected chi connectivity index (χ0v) is 12.0. The van der Waals surface area contributed by atoms with Gasteiger partial charge in [0.2, 0.25) is 0 Å². The summed E-state index contributed by atoms with van der Waals surface area (Å²) in [5.74, 6) is -0.967. The highest BCUT2D eigenvalue weighted by Crippen LogP contribution is 2.21. The third-order valence-electron chi connectivity index (χ3n) is 2.65. The van der Waals surface area contributed by atoms with Gasteiger partial charge in [0.05, 0.1) is 6.61 Å². The predicted molar refractivity (Wildman–Crippen MR) is 74.9 cm³/mol. The molecular weight excluding hydrogens is 330 g/mol. The van der Waals surface area contributed by atoms with E-state index < -0.39 is 11.6 Å². The number of ether oxygens (including phenoxy) is 1. The molecule has 0 aliphatic heterocycles. The second-order valence-electron chi connectivity index (χ2n) is 4.10. The van der Waals surface area contributed by atoms with Gasteiger partial charge < -0.3 is 4.74 Å². The van der Waals surface area contributed by atoms with Crippen molar-refractivity contribution in [1.29, 1.82) is 0 Å². The molecule has 2 aromatic rings. The molecule has 0 saturated carbocycles. The average Bonchev–Trinajstić information content (AvgIpc) is 2.42. The SMILES string of the molecule is O=C(CCOc1ccc(Br)cc1F)c1ccc(F)cc1. The molecule has 20 heavy (non-hydrogen) atoms. The van der Waals surface area contributed by atoms with Crippen LogP contribution in [0.15, 0.2) is 46.9 Å². The van der Waals surface area contributed by atoms with Crippen molar-refractivity contribution in [1.82, 2.24) is 0 Å². The quantitative estimate of drug-likeness (QED) is 0.755. The summed E-state index contributed by atoms with van der Waals surface area (Å²) in [5, 5.41) is 0. The summed E-state index contributed by atoms with van der Waals surface area (Å²) >= 11 is 3.14. The summed E-state index contributed by atoms with van der Waals surface area (Å²) < 4.78 is 32.0. The van der Waals surface area contributed by atoms with E-state index in [0.29, 0.717) is 10.0 Å². The molecule has 0 spiro atoms. The van der Waals surface area contributed by atoms with E-state index >= 15 is 0 Å². The van der Waals surface area contributed by atoms with E-state index in [1.54, 1.807) is 6.07 Å². The van der Waals surface area contributed by atoms with E-state index in [9.17, 15) is 13.6 Å². The van der Waals surface area contributed by atoms with Crippen LogP contribution in [0.2, 0.25) is 0 Å². The fourth-order valence-electron chi connectivity index (χ4n) is 1.63. The molecule has 2 aromatic carbocycles. The Bertz CT molecular complexity index is 612. The minimum Gasteiger partial charge on any atom is -0.490 e. The molecule has 0 aromatic heterocycles. The van der Waals surface area contributed by atoms with Crippen LogP contribution in [0.4, 0.5) is 8.78 Å². The molecule has 0 atom stereocenters. The van der Waals surface area contributed by atoms with Crippen LogP contribution >= 0.6 is 15.9 Å². The Kier molecular flexibility index (Phi) is 4.84. The molecule has 5 heteroatoms. The smallest absolute Gasteiger partial charge is 0.166 e. The maximum atomic E-state index is 13.5. The number of benzene rings is 2. The normalized spacial score (nSPS) is 10.3. The van der Waals surface area contributed by atoms with E-state index in [1.165, 1.54) is 36.4 Å². The first-order chi connectivity index (χ1) is 9.56. The Morgan fingerprint density at radius 3 is 2.45 bits per heavy atom. The molecule has 0 amide bonds. The fourth-order valence-corrected chi connectivity index (χ4v) is 1.96. The van der Waals surface area contributed by atoms with Crippen molar-refractivity contribution in [2.24, 2.45) is 0 Å². The first-order valence-corrected chi connectivity index (χ1v) is 6.72. The first kappa shape index (κ1) is 14.7. The largest absolute Gasteiger partial charge is 0.490 e. The van der Waals surface area contributed by atoms with E-state index in [2.05, 4.69) is 15.9 Å². The maximum absolute atomic E-state index is 13.5. The number of hydrogen-bond donors (Lipinski definition) is 0. The molecule has 0 heterocycles. The van der Waals surface area contributed by atoms with Crippen LogP contribution in [0.3, 0.4) is 0 Å². The van der Waals surface area contributed by atoms with Gasteiger partial charge in [-0.25, -0.2) is 8.78 Å². The van der Waals surface area contributed by atoms with Crippen LogP contribution in [0, 0.1) is 11.6 Å². The minimum atomic E-state index is -0.492. The molecule has 2 rings (SSSR count). The monoisotopic (exact) mass is 340 g/mol. The van der Waals surface area contributed by atoms with Gasteiger partial charge in [-0.2, -0.15) is 0 Å². The third kappa shape index (κ3) is 3.87. The second-order valence-corrected chi connectivity index (χ2v) is 5.02. The molecule has 0 bridgehead atoms. The number of carbonyl (C=O) groups excluding carboxylic acids is 1. The van der Waals surface area contributed by atoms with Crippen molar-refractivity contribution >= 4 is 21.7 Å². The lowest BCUT2D eigenvalue weighted by Crippen LogP contribution is -2.07. The molecule has 0 fully saturated rings. The Hall–Kier alpha value is -1.75. The first-order valence-electron chi connectivity index (χ1n) is 5.93. The summed E-state index contributed by atoms with van der Waals surface area (Å²) in [6, 6.07) is 9.71. The number of hydrogen-bond acceptors (Lipinski definition) is 2. The lowest BCUT2D eigenvalue weighted by molar-refractivity contribution is 0.0961. The minimum absolute atomic E-state index is 0.0642. The average molecular weight is 341 g/mol. The Labute approximate surface area is 123 Å². The van der Waals surface area contributed by atoms with Gasteiger partial charge in [-0.15, -0.1) is 0 Å². The van der Waals surface area contributed by atoms with Crippen LogP contribution in [-0.4, -0.2) is 12.4 Å². The standard InChI is InChI=1S/C15H11BrF2O2/c16-11-3-6-15(13(18)9-11)20-8-7-14(19)10-1-4-12(17)5-2-10/h1-6,9H,7-8H2. The number of Topliss-reactive ketones (excluding diaryl/α,β-unsaturated/α-hetero) is 1. The highest BCUT2D eigenvalue weighted by molar-refractivity contribution is 9.10. The summed E-state index contributed by atoms with van der Waals surface area (Å²) in [6.45, 7) is 0.0642. The molecule has 0 aliphatic carbocycles. The molecule has 0 saturated heterocycles. The molecule has 0 radical (unpaired) electrons. The molecular formula is C15H11BrF2O2. The van der Waals surface area contributed by atoms with Crippen LogP contribution in [0.1, 0.15) is 16.8 Å². The van der Waals surface area contributed by atoms with Crippen LogP contribution in [-0.2, 0) is 0 Å². The van der Waals surface area contributed by atoms with Gasteiger partial charge in [0.25, 0.3) is 0 Å². The lowest BCUT2D eigenvalue weighted by atomic mass is 10.1. The van der Waals surface area contributed by atoms with Crippen LogP contribution in [0.25, 0.3) is 0 Å². The number of carbonyl (C=O) groups is 1. The van der Waals surface area contributed by atoms with Gasteiger partial charge in [0.1, 0.15) is 5.82 Å². The van der Waals surface area contributed by atoms with Crippen molar-refractivity contribution in [2.75, 3.05) is 6.61 Å². The molecule has 0 unspecified atom stereocenters. The second kappa shape index (κ2) is 6.61. The van der Waals surface area contributed by atoms with E-state index in [0.717, 1.165) is 0 Å².